The molecule has 4 nitrogen and oxygen atoms in total. The minimum atomic E-state index is 0.624. The van der Waals surface area contributed by atoms with Crippen molar-refractivity contribution >= 4 is 5.96 Å². The van der Waals surface area contributed by atoms with Gasteiger partial charge in [-0.05, 0) is 64.5 Å². The zero-order valence-electron chi connectivity index (χ0n) is 14.1. The van der Waals surface area contributed by atoms with Crippen molar-refractivity contribution in [2.24, 2.45) is 16.3 Å². The molecule has 1 atom stereocenters. The van der Waals surface area contributed by atoms with Crippen LogP contribution in [0.5, 0.6) is 0 Å². The van der Waals surface area contributed by atoms with E-state index in [0.29, 0.717) is 11.5 Å². The van der Waals surface area contributed by atoms with E-state index in [0.717, 1.165) is 25.0 Å². The fourth-order valence-electron chi connectivity index (χ4n) is 4.02. The second-order valence-corrected chi connectivity index (χ2v) is 7.59. The maximum Gasteiger partial charge on any atom is 0.193 e. The summed E-state index contributed by atoms with van der Waals surface area (Å²) in [5.74, 6) is 2.04. The summed E-state index contributed by atoms with van der Waals surface area (Å²) in [6.45, 7) is 6.52. The number of nitrogens with one attached hydrogen (secondary N) is 1. The summed E-state index contributed by atoms with van der Waals surface area (Å²) in [4.78, 5) is 9.87. The Morgan fingerprint density at radius 3 is 2.57 bits per heavy atom. The molecule has 0 bridgehead atoms. The number of rotatable bonds is 5. The number of likely N-dealkylation sites (tertiary alicyclic amines) is 1. The molecule has 4 heteroatoms. The molecule has 0 aromatic heterocycles. The van der Waals surface area contributed by atoms with Crippen LogP contribution in [-0.2, 0) is 0 Å². The van der Waals surface area contributed by atoms with Gasteiger partial charge in [0.1, 0.15) is 0 Å². The monoisotopic (exact) mass is 292 g/mol. The van der Waals surface area contributed by atoms with Crippen molar-refractivity contribution in [3.8, 4) is 0 Å². The molecule has 2 saturated carbocycles. The number of hydrogen-bond acceptors (Lipinski definition) is 2. The molecule has 1 unspecified atom stereocenters. The van der Waals surface area contributed by atoms with Crippen LogP contribution in [0.4, 0.5) is 0 Å². The third-order valence-electron chi connectivity index (χ3n) is 5.74. The largest absolute Gasteiger partial charge is 0.357 e. The van der Waals surface area contributed by atoms with Crippen molar-refractivity contribution in [1.29, 1.82) is 0 Å². The molecule has 3 rings (SSSR count). The average Bonchev–Trinajstić information content (AvgIpc) is 3.13. The van der Waals surface area contributed by atoms with E-state index < -0.39 is 0 Å². The summed E-state index contributed by atoms with van der Waals surface area (Å²) in [6, 6.07) is 0.624. The first kappa shape index (κ1) is 15.1. The van der Waals surface area contributed by atoms with Crippen molar-refractivity contribution in [2.45, 2.75) is 51.5 Å². The predicted molar refractivity (Wildman–Crippen MR) is 88.7 cm³/mol. The van der Waals surface area contributed by atoms with Gasteiger partial charge in [0.25, 0.3) is 0 Å². The predicted octanol–water partition coefficient (Wildman–Crippen LogP) is 2.17. The van der Waals surface area contributed by atoms with E-state index in [2.05, 4.69) is 36.1 Å². The van der Waals surface area contributed by atoms with Gasteiger partial charge in [0.15, 0.2) is 5.96 Å². The molecular formula is C17H32N4. The van der Waals surface area contributed by atoms with Crippen molar-refractivity contribution in [3.05, 3.63) is 0 Å². The van der Waals surface area contributed by atoms with Crippen molar-refractivity contribution in [1.82, 2.24) is 15.1 Å². The Morgan fingerprint density at radius 1 is 1.33 bits per heavy atom. The molecular weight excluding hydrogens is 260 g/mol. The molecule has 3 fully saturated rings. The normalized spacial score (nSPS) is 26.3. The standard InChI is InChI=1S/C17H32N4/c1-4-18-16(19-12-15(20(2)3)14-6-7-14)21-11-10-17(13-21)8-5-9-17/h14-15H,4-13H2,1-3H3,(H,18,19). The molecule has 1 heterocycles. The van der Waals surface area contributed by atoms with E-state index >= 15 is 0 Å². The van der Waals surface area contributed by atoms with Crippen molar-refractivity contribution in [3.63, 3.8) is 0 Å². The number of guanidine groups is 1. The quantitative estimate of drug-likeness (QED) is 0.622. The van der Waals surface area contributed by atoms with Crippen LogP contribution in [0.15, 0.2) is 4.99 Å². The number of nitrogens with zero attached hydrogens (tertiary/aromatic N) is 3. The van der Waals surface area contributed by atoms with Gasteiger partial charge < -0.3 is 15.1 Å². The van der Waals surface area contributed by atoms with Gasteiger partial charge in [0, 0.05) is 25.7 Å². The smallest absolute Gasteiger partial charge is 0.193 e. The Labute approximate surface area is 130 Å². The number of hydrogen-bond donors (Lipinski definition) is 1. The average molecular weight is 292 g/mol. The van der Waals surface area contributed by atoms with Crippen molar-refractivity contribution < 1.29 is 0 Å². The first-order chi connectivity index (χ1) is 10.1. The SMILES string of the molecule is CCNC(=NCC(C1CC1)N(C)C)N1CCC2(CCC2)C1. The highest BCUT2D eigenvalue weighted by molar-refractivity contribution is 5.80. The van der Waals surface area contributed by atoms with Crippen LogP contribution in [0.25, 0.3) is 0 Å². The lowest BCUT2D eigenvalue weighted by molar-refractivity contribution is 0.151. The Balaban J connectivity index is 1.61. The molecule has 1 spiro atoms. The number of likely N-dealkylation sites (N-methyl/N-ethyl adjacent to an activating group) is 1. The highest BCUT2D eigenvalue weighted by Crippen LogP contribution is 2.47. The van der Waals surface area contributed by atoms with Crippen LogP contribution >= 0.6 is 0 Å². The van der Waals surface area contributed by atoms with Gasteiger partial charge in [-0.25, -0.2) is 0 Å². The molecule has 0 aromatic carbocycles. The van der Waals surface area contributed by atoms with E-state index in [1.807, 2.05) is 0 Å². The maximum atomic E-state index is 4.99. The molecule has 0 aromatic rings. The van der Waals surface area contributed by atoms with E-state index in [1.165, 1.54) is 51.6 Å². The second kappa shape index (κ2) is 6.15. The summed E-state index contributed by atoms with van der Waals surface area (Å²) in [7, 11) is 4.40. The molecule has 2 aliphatic carbocycles. The Morgan fingerprint density at radius 2 is 2.10 bits per heavy atom. The Hall–Kier alpha value is -0.770. The fourth-order valence-corrected chi connectivity index (χ4v) is 4.02. The van der Waals surface area contributed by atoms with E-state index in [1.54, 1.807) is 0 Å². The molecule has 1 aliphatic heterocycles. The van der Waals surface area contributed by atoms with E-state index in [4.69, 9.17) is 4.99 Å². The van der Waals surface area contributed by atoms with Gasteiger partial charge in [0.05, 0.1) is 6.54 Å². The summed E-state index contributed by atoms with van der Waals surface area (Å²) in [5, 5.41) is 3.52. The molecule has 0 radical (unpaired) electrons. The third-order valence-corrected chi connectivity index (χ3v) is 5.74. The van der Waals surface area contributed by atoms with Crippen LogP contribution in [0.1, 0.15) is 45.4 Å². The summed E-state index contributed by atoms with van der Waals surface area (Å²) < 4.78 is 0. The molecule has 0 amide bonds. The minimum Gasteiger partial charge on any atom is -0.357 e. The first-order valence-corrected chi connectivity index (χ1v) is 8.83. The molecule has 21 heavy (non-hydrogen) atoms. The lowest BCUT2D eigenvalue weighted by atomic mass is 9.68. The maximum absolute atomic E-state index is 4.99. The van der Waals surface area contributed by atoms with E-state index in [-0.39, 0.29) is 0 Å². The summed E-state index contributed by atoms with van der Waals surface area (Å²) >= 11 is 0. The first-order valence-electron chi connectivity index (χ1n) is 8.83. The van der Waals surface area contributed by atoms with Gasteiger partial charge in [-0.1, -0.05) is 6.42 Å². The highest BCUT2D eigenvalue weighted by Gasteiger charge is 2.43. The summed E-state index contributed by atoms with van der Waals surface area (Å²) in [6.07, 6.45) is 8.46. The minimum absolute atomic E-state index is 0.624. The molecule has 1 N–H and O–H groups in total. The number of aliphatic imine (C=N–C) groups is 1. The van der Waals surface area contributed by atoms with Crippen LogP contribution < -0.4 is 5.32 Å². The Kier molecular flexibility index (Phi) is 4.43. The van der Waals surface area contributed by atoms with Gasteiger partial charge >= 0.3 is 0 Å². The van der Waals surface area contributed by atoms with Crippen molar-refractivity contribution in [2.75, 3.05) is 40.3 Å². The highest BCUT2D eigenvalue weighted by atomic mass is 15.3. The zero-order valence-corrected chi connectivity index (χ0v) is 14.1. The second-order valence-electron chi connectivity index (χ2n) is 7.59. The third kappa shape index (κ3) is 3.36. The lowest BCUT2D eigenvalue weighted by Gasteiger charge is -2.38. The topological polar surface area (TPSA) is 30.9 Å². The Bertz CT molecular complexity index is 380. The van der Waals surface area contributed by atoms with Crippen LogP contribution in [0.3, 0.4) is 0 Å². The van der Waals surface area contributed by atoms with Gasteiger partial charge in [-0.3, -0.25) is 4.99 Å². The van der Waals surface area contributed by atoms with Crippen LogP contribution in [0.2, 0.25) is 0 Å². The van der Waals surface area contributed by atoms with E-state index in [9.17, 15) is 0 Å². The van der Waals surface area contributed by atoms with Crippen LogP contribution in [-0.4, -0.2) is 62.1 Å². The molecule has 3 aliphatic rings. The fraction of sp³-hybridized carbons (Fsp3) is 0.941. The molecule has 1 saturated heterocycles. The summed E-state index contributed by atoms with van der Waals surface area (Å²) in [5.41, 5.74) is 0.646. The molecule has 120 valence electrons. The van der Waals surface area contributed by atoms with Gasteiger partial charge in [0.2, 0.25) is 0 Å². The van der Waals surface area contributed by atoms with Crippen LogP contribution in [0, 0.1) is 11.3 Å². The lowest BCUT2D eigenvalue weighted by Crippen LogP contribution is -2.43. The zero-order chi connectivity index (χ0) is 14.9. The van der Waals surface area contributed by atoms with Gasteiger partial charge in [-0.15, -0.1) is 0 Å². The van der Waals surface area contributed by atoms with Gasteiger partial charge in [-0.2, -0.15) is 0 Å².